The molecule has 4 rings (SSSR count). The second kappa shape index (κ2) is 8.22. The van der Waals surface area contributed by atoms with Gasteiger partial charge in [-0.3, -0.25) is 13.9 Å². The topological polar surface area (TPSA) is 90.3 Å². The highest BCUT2D eigenvalue weighted by Crippen LogP contribution is 2.31. The highest BCUT2D eigenvalue weighted by atomic mass is 16.5. The summed E-state index contributed by atoms with van der Waals surface area (Å²) in [5, 5.41) is 4.16. The van der Waals surface area contributed by atoms with Crippen molar-refractivity contribution in [1.29, 1.82) is 0 Å². The molecule has 31 heavy (non-hydrogen) atoms. The van der Waals surface area contributed by atoms with Crippen molar-refractivity contribution in [1.82, 2.24) is 14.1 Å². The molecule has 162 valence electrons. The molecule has 0 saturated carbocycles. The van der Waals surface area contributed by atoms with Crippen molar-refractivity contribution in [2.24, 2.45) is 0 Å². The zero-order valence-corrected chi connectivity index (χ0v) is 18.1. The Morgan fingerprint density at radius 3 is 2.26 bits per heavy atom. The summed E-state index contributed by atoms with van der Waals surface area (Å²) >= 11 is 0. The number of pyridine rings is 1. The zero-order chi connectivity index (χ0) is 22.1. The lowest BCUT2D eigenvalue weighted by molar-refractivity contribution is 0.356. The van der Waals surface area contributed by atoms with Crippen molar-refractivity contribution in [3.8, 4) is 11.5 Å². The van der Waals surface area contributed by atoms with Crippen LogP contribution in [-0.4, -0.2) is 28.3 Å². The third kappa shape index (κ3) is 3.54. The molecular weight excluding hydrogens is 396 g/mol. The minimum Gasteiger partial charge on any atom is -0.493 e. The lowest BCUT2D eigenvalue weighted by atomic mass is 10.1. The second-order valence-corrected chi connectivity index (χ2v) is 7.25. The summed E-state index contributed by atoms with van der Waals surface area (Å²) in [4.78, 5) is 28.0. The smallest absolute Gasteiger partial charge is 0.329 e. The van der Waals surface area contributed by atoms with Crippen LogP contribution >= 0.6 is 0 Å². The monoisotopic (exact) mass is 422 g/mol. The molecule has 4 aromatic rings. The van der Waals surface area contributed by atoms with E-state index in [2.05, 4.69) is 10.3 Å². The van der Waals surface area contributed by atoms with E-state index >= 15 is 0 Å². The summed E-state index contributed by atoms with van der Waals surface area (Å²) in [6.45, 7) is 5.48. The molecule has 2 aromatic carbocycles. The van der Waals surface area contributed by atoms with Gasteiger partial charge in [-0.05, 0) is 44.2 Å². The summed E-state index contributed by atoms with van der Waals surface area (Å²) in [5.41, 5.74) is 3.73. The van der Waals surface area contributed by atoms with Crippen molar-refractivity contribution in [2.45, 2.75) is 33.5 Å². The van der Waals surface area contributed by atoms with Crippen molar-refractivity contribution in [3.63, 3.8) is 0 Å². The number of aromatic amines is 1. The Labute approximate surface area is 179 Å². The number of H-pyrrole nitrogens is 1. The predicted octanol–water partition coefficient (Wildman–Crippen LogP) is 3.31. The van der Waals surface area contributed by atoms with Crippen LogP contribution in [0.1, 0.15) is 19.4 Å². The first-order valence-electron chi connectivity index (χ1n) is 10.3. The summed E-state index contributed by atoms with van der Waals surface area (Å²) < 4.78 is 14.2. The fourth-order valence-electron chi connectivity index (χ4n) is 3.95. The van der Waals surface area contributed by atoms with Crippen molar-refractivity contribution in [2.75, 3.05) is 19.5 Å². The molecule has 0 radical (unpaired) electrons. The van der Waals surface area contributed by atoms with Crippen LogP contribution in [0, 0.1) is 0 Å². The van der Waals surface area contributed by atoms with E-state index in [9.17, 15) is 9.59 Å². The van der Waals surface area contributed by atoms with E-state index in [1.807, 2.05) is 44.2 Å². The van der Waals surface area contributed by atoms with Crippen molar-refractivity contribution < 1.29 is 9.47 Å². The lowest BCUT2D eigenvalue weighted by Crippen LogP contribution is -2.23. The van der Waals surface area contributed by atoms with Gasteiger partial charge in [-0.25, -0.2) is 4.79 Å². The van der Waals surface area contributed by atoms with Gasteiger partial charge in [0.1, 0.15) is 0 Å². The minimum absolute atomic E-state index is 0.00695. The molecule has 0 aliphatic rings. The number of imidazole rings is 1. The number of benzene rings is 2. The maximum Gasteiger partial charge on any atom is 0.329 e. The van der Waals surface area contributed by atoms with Crippen LogP contribution in [0.5, 0.6) is 11.5 Å². The molecule has 0 atom stereocenters. The molecule has 2 N–H and O–H groups in total. The summed E-state index contributed by atoms with van der Waals surface area (Å²) in [6, 6.07) is 11.3. The Hall–Kier alpha value is -3.68. The minimum atomic E-state index is -0.170. The van der Waals surface area contributed by atoms with E-state index in [4.69, 9.17) is 9.47 Å². The molecule has 0 unspecified atom stereocenters. The average Bonchev–Trinajstić information content (AvgIpc) is 3.06. The maximum atomic E-state index is 12.6. The number of anilines is 1. The average molecular weight is 422 g/mol. The number of aryl methyl sites for hydroxylation is 2. The highest BCUT2D eigenvalue weighted by molar-refractivity contribution is 5.83. The number of methoxy groups -OCH3 is 2. The Balaban J connectivity index is 1.67. The Bertz CT molecular complexity index is 1380. The van der Waals surface area contributed by atoms with Gasteiger partial charge in [-0.15, -0.1) is 0 Å². The third-order valence-corrected chi connectivity index (χ3v) is 5.56. The number of ether oxygens (including phenoxy) is 2. The first-order chi connectivity index (χ1) is 15.0. The van der Waals surface area contributed by atoms with Crippen molar-refractivity contribution in [3.05, 3.63) is 62.8 Å². The second-order valence-electron chi connectivity index (χ2n) is 7.25. The van der Waals surface area contributed by atoms with E-state index in [0.29, 0.717) is 42.2 Å². The maximum absolute atomic E-state index is 12.6. The van der Waals surface area contributed by atoms with Gasteiger partial charge in [0.25, 0.3) is 5.56 Å². The number of rotatable bonds is 7. The van der Waals surface area contributed by atoms with Crippen LogP contribution in [0.25, 0.3) is 21.9 Å². The van der Waals surface area contributed by atoms with Crippen molar-refractivity contribution >= 4 is 27.6 Å². The standard InChI is InChI=1S/C23H26N4O4/c1-5-26-18-8-7-16(11-19(18)27(6-2)23(26)29)24-13-15-9-14-10-20(30-3)21(31-4)12-17(14)25-22(15)28/h7-12,24H,5-6,13H2,1-4H3,(H,25,28). The zero-order valence-electron chi connectivity index (χ0n) is 18.1. The highest BCUT2D eigenvalue weighted by Gasteiger charge is 2.12. The summed E-state index contributed by atoms with van der Waals surface area (Å²) in [5.74, 6) is 1.16. The first-order valence-corrected chi connectivity index (χ1v) is 10.3. The summed E-state index contributed by atoms with van der Waals surface area (Å²) in [7, 11) is 3.14. The molecule has 8 nitrogen and oxygen atoms in total. The number of aromatic nitrogens is 3. The Morgan fingerprint density at radius 1 is 0.903 bits per heavy atom. The first kappa shape index (κ1) is 20.6. The van der Waals surface area contributed by atoms with Gasteiger partial charge >= 0.3 is 5.69 Å². The van der Waals surface area contributed by atoms with Crippen LogP contribution < -0.4 is 26.0 Å². The molecule has 2 aromatic heterocycles. The van der Waals surface area contributed by atoms with Gasteiger partial charge in [0.05, 0.1) is 30.8 Å². The van der Waals surface area contributed by atoms with Crippen LogP contribution in [0.15, 0.2) is 46.0 Å². The molecular formula is C23H26N4O4. The Kier molecular flexibility index (Phi) is 5.46. The van der Waals surface area contributed by atoms with Gasteiger partial charge in [-0.1, -0.05) is 0 Å². The number of fused-ring (bicyclic) bond motifs is 2. The summed E-state index contributed by atoms with van der Waals surface area (Å²) in [6.07, 6.45) is 0. The molecule has 8 heteroatoms. The molecule has 0 fully saturated rings. The molecule has 0 amide bonds. The Morgan fingerprint density at radius 2 is 1.58 bits per heavy atom. The third-order valence-electron chi connectivity index (χ3n) is 5.56. The van der Waals surface area contributed by atoms with Crippen LogP contribution in [0.3, 0.4) is 0 Å². The molecule has 0 bridgehead atoms. The van der Waals surface area contributed by atoms with Gasteiger partial charge in [-0.2, -0.15) is 0 Å². The van der Waals surface area contributed by atoms with Crippen LogP contribution in [-0.2, 0) is 19.6 Å². The van der Waals surface area contributed by atoms with E-state index in [1.165, 1.54) is 0 Å². The number of nitrogens with zero attached hydrogens (tertiary/aromatic N) is 2. The van der Waals surface area contributed by atoms with Gasteiger partial charge in [0.2, 0.25) is 0 Å². The van der Waals surface area contributed by atoms with E-state index < -0.39 is 0 Å². The number of hydrogen-bond donors (Lipinski definition) is 2. The largest absolute Gasteiger partial charge is 0.493 e. The normalized spacial score (nSPS) is 11.2. The van der Waals surface area contributed by atoms with E-state index in [0.717, 1.165) is 22.1 Å². The fraction of sp³-hybridized carbons (Fsp3) is 0.304. The van der Waals surface area contributed by atoms with Crippen LogP contribution in [0.2, 0.25) is 0 Å². The lowest BCUT2D eigenvalue weighted by Gasteiger charge is -2.11. The molecule has 0 spiro atoms. The van der Waals surface area contributed by atoms with Gasteiger partial charge < -0.3 is 19.8 Å². The quantitative estimate of drug-likeness (QED) is 0.477. The number of nitrogens with one attached hydrogen (secondary N) is 2. The molecule has 0 saturated heterocycles. The van der Waals surface area contributed by atoms with E-state index in [-0.39, 0.29) is 11.2 Å². The fourth-order valence-corrected chi connectivity index (χ4v) is 3.95. The van der Waals surface area contributed by atoms with Crippen LogP contribution in [0.4, 0.5) is 5.69 Å². The molecule has 2 heterocycles. The van der Waals surface area contributed by atoms with Gasteiger partial charge in [0, 0.05) is 42.3 Å². The van der Waals surface area contributed by atoms with E-state index in [1.54, 1.807) is 29.4 Å². The predicted molar refractivity (Wildman–Crippen MR) is 123 cm³/mol. The van der Waals surface area contributed by atoms with Gasteiger partial charge in [0.15, 0.2) is 11.5 Å². The number of hydrogen-bond acceptors (Lipinski definition) is 5. The molecule has 0 aliphatic heterocycles. The molecule has 0 aliphatic carbocycles. The SMILES string of the molecule is CCn1c(=O)n(CC)c2cc(NCc3cc4cc(OC)c(OC)cc4[nH]c3=O)ccc21.